The maximum absolute atomic E-state index is 12.5. The maximum atomic E-state index is 12.5. The standard InChI is InChI=1S/C15H18Cl2N6O/c1-4-23(14-19-8-18-13(22-14)20-9(2)3)15(24)21-10-5-6-11(16)12(17)7-10/h5-9H,4H2,1-3H3,(H,21,24)(H,18,19,20,22). The molecule has 0 aliphatic carbocycles. The van der Waals surface area contributed by atoms with Gasteiger partial charge in [-0.25, -0.2) is 14.8 Å². The van der Waals surface area contributed by atoms with Crippen molar-refractivity contribution < 1.29 is 4.79 Å². The molecule has 9 heteroatoms. The van der Waals surface area contributed by atoms with Gasteiger partial charge in [0.1, 0.15) is 6.33 Å². The first-order valence-corrected chi connectivity index (χ1v) is 8.15. The number of rotatable bonds is 5. The van der Waals surface area contributed by atoms with Crippen molar-refractivity contribution in [3.05, 3.63) is 34.6 Å². The number of nitrogens with zero attached hydrogens (tertiary/aromatic N) is 4. The van der Waals surface area contributed by atoms with E-state index in [4.69, 9.17) is 23.2 Å². The topological polar surface area (TPSA) is 83.0 Å². The Bertz CT molecular complexity index is 725. The zero-order valence-electron chi connectivity index (χ0n) is 13.5. The summed E-state index contributed by atoms with van der Waals surface area (Å²) < 4.78 is 0. The Morgan fingerprint density at radius 3 is 2.62 bits per heavy atom. The largest absolute Gasteiger partial charge is 0.352 e. The molecule has 2 amide bonds. The number of urea groups is 1. The number of hydrogen-bond donors (Lipinski definition) is 2. The number of aromatic nitrogens is 3. The van der Waals surface area contributed by atoms with Crippen molar-refractivity contribution in [3.63, 3.8) is 0 Å². The number of carbonyl (C=O) groups is 1. The highest BCUT2D eigenvalue weighted by Crippen LogP contribution is 2.25. The minimum atomic E-state index is -0.377. The Hall–Kier alpha value is -2.12. The van der Waals surface area contributed by atoms with Crippen molar-refractivity contribution >= 4 is 46.8 Å². The van der Waals surface area contributed by atoms with Crippen LogP contribution >= 0.6 is 23.2 Å². The van der Waals surface area contributed by atoms with Crippen LogP contribution in [0.3, 0.4) is 0 Å². The second-order valence-electron chi connectivity index (χ2n) is 5.21. The van der Waals surface area contributed by atoms with Gasteiger partial charge in [-0.3, -0.25) is 4.90 Å². The van der Waals surface area contributed by atoms with Crippen LogP contribution in [0.5, 0.6) is 0 Å². The van der Waals surface area contributed by atoms with Crippen LogP contribution in [0.25, 0.3) is 0 Å². The molecule has 128 valence electrons. The predicted octanol–water partition coefficient (Wildman–Crippen LogP) is 4.06. The second kappa shape index (κ2) is 8.12. The van der Waals surface area contributed by atoms with E-state index in [-0.39, 0.29) is 18.0 Å². The van der Waals surface area contributed by atoms with E-state index in [1.54, 1.807) is 18.2 Å². The molecule has 0 spiro atoms. The molecule has 0 unspecified atom stereocenters. The molecule has 0 bridgehead atoms. The zero-order chi connectivity index (χ0) is 17.7. The Labute approximate surface area is 150 Å². The van der Waals surface area contributed by atoms with Crippen LogP contribution in [0.2, 0.25) is 10.0 Å². The van der Waals surface area contributed by atoms with Gasteiger partial charge in [0.25, 0.3) is 0 Å². The first kappa shape index (κ1) is 18.2. The lowest BCUT2D eigenvalue weighted by molar-refractivity contribution is 0.257. The van der Waals surface area contributed by atoms with Crippen LogP contribution < -0.4 is 15.5 Å². The van der Waals surface area contributed by atoms with Gasteiger partial charge >= 0.3 is 6.03 Å². The monoisotopic (exact) mass is 368 g/mol. The van der Waals surface area contributed by atoms with E-state index in [2.05, 4.69) is 25.6 Å². The number of halogens is 2. The number of benzene rings is 1. The third-order valence-corrected chi connectivity index (χ3v) is 3.69. The first-order chi connectivity index (χ1) is 11.4. The molecule has 24 heavy (non-hydrogen) atoms. The van der Waals surface area contributed by atoms with Gasteiger partial charge in [0.15, 0.2) is 0 Å². The molecule has 7 nitrogen and oxygen atoms in total. The summed E-state index contributed by atoms with van der Waals surface area (Å²) in [7, 11) is 0. The molecular weight excluding hydrogens is 351 g/mol. The van der Waals surface area contributed by atoms with Crippen molar-refractivity contribution in [3.8, 4) is 0 Å². The maximum Gasteiger partial charge on any atom is 0.328 e. The summed E-state index contributed by atoms with van der Waals surface area (Å²) in [6.07, 6.45) is 1.36. The lowest BCUT2D eigenvalue weighted by Crippen LogP contribution is -2.36. The van der Waals surface area contributed by atoms with Crippen molar-refractivity contribution in [2.24, 2.45) is 0 Å². The van der Waals surface area contributed by atoms with E-state index in [0.717, 1.165) is 0 Å². The third kappa shape index (κ3) is 4.69. The molecule has 0 saturated heterocycles. The van der Waals surface area contributed by atoms with Crippen molar-refractivity contribution in [1.82, 2.24) is 15.0 Å². The van der Waals surface area contributed by atoms with E-state index in [0.29, 0.717) is 28.2 Å². The summed E-state index contributed by atoms with van der Waals surface area (Å²) in [6.45, 7) is 6.15. The summed E-state index contributed by atoms with van der Waals surface area (Å²) in [5, 5.41) is 6.60. The lowest BCUT2D eigenvalue weighted by atomic mass is 10.3. The SMILES string of the molecule is CCN(C(=O)Nc1ccc(Cl)c(Cl)c1)c1ncnc(NC(C)C)n1. The van der Waals surface area contributed by atoms with Crippen molar-refractivity contribution in [1.29, 1.82) is 0 Å². The highest BCUT2D eigenvalue weighted by Gasteiger charge is 2.18. The molecule has 0 aliphatic heterocycles. The fourth-order valence-corrected chi connectivity index (χ4v) is 2.18. The number of nitrogens with one attached hydrogen (secondary N) is 2. The Balaban J connectivity index is 2.17. The highest BCUT2D eigenvalue weighted by molar-refractivity contribution is 6.42. The Morgan fingerprint density at radius 1 is 1.25 bits per heavy atom. The van der Waals surface area contributed by atoms with Gasteiger partial charge in [0, 0.05) is 18.3 Å². The van der Waals surface area contributed by atoms with E-state index in [1.807, 2.05) is 20.8 Å². The van der Waals surface area contributed by atoms with Gasteiger partial charge in [0.2, 0.25) is 11.9 Å². The average Bonchev–Trinajstić information content (AvgIpc) is 2.51. The zero-order valence-corrected chi connectivity index (χ0v) is 15.1. The van der Waals surface area contributed by atoms with Crippen LogP contribution in [-0.2, 0) is 0 Å². The minimum absolute atomic E-state index is 0.167. The highest BCUT2D eigenvalue weighted by atomic mass is 35.5. The van der Waals surface area contributed by atoms with Gasteiger partial charge < -0.3 is 10.6 Å². The lowest BCUT2D eigenvalue weighted by Gasteiger charge is -2.20. The normalized spacial score (nSPS) is 10.6. The minimum Gasteiger partial charge on any atom is -0.352 e. The molecule has 0 atom stereocenters. The number of anilines is 3. The number of carbonyl (C=O) groups excluding carboxylic acids is 1. The molecule has 0 aliphatic rings. The molecule has 0 radical (unpaired) electrons. The van der Waals surface area contributed by atoms with Crippen LogP contribution in [0.4, 0.5) is 22.4 Å². The Kier molecular flexibility index (Phi) is 6.16. The summed E-state index contributed by atoms with van der Waals surface area (Å²) in [6, 6.07) is 4.65. The van der Waals surface area contributed by atoms with Crippen LogP contribution in [-0.4, -0.2) is 33.6 Å². The molecule has 2 N–H and O–H groups in total. The van der Waals surface area contributed by atoms with Crippen LogP contribution in [0.15, 0.2) is 24.5 Å². The van der Waals surface area contributed by atoms with E-state index in [9.17, 15) is 4.79 Å². The van der Waals surface area contributed by atoms with Gasteiger partial charge in [0.05, 0.1) is 10.0 Å². The van der Waals surface area contributed by atoms with E-state index in [1.165, 1.54) is 11.2 Å². The smallest absolute Gasteiger partial charge is 0.328 e. The molecule has 0 fully saturated rings. The van der Waals surface area contributed by atoms with E-state index >= 15 is 0 Å². The van der Waals surface area contributed by atoms with Crippen molar-refractivity contribution in [2.45, 2.75) is 26.8 Å². The van der Waals surface area contributed by atoms with Gasteiger partial charge in [-0.05, 0) is 39.0 Å². The molecule has 2 aromatic rings. The van der Waals surface area contributed by atoms with Gasteiger partial charge in [-0.15, -0.1) is 0 Å². The fourth-order valence-electron chi connectivity index (χ4n) is 1.89. The first-order valence-electron chi connectivity index (χ1n) is 7.39. The average molecular weight is 369 g/mol. The summed E-state index contributed by atoms with van der Waals surface area (Å²) in [5.41, 5.74) is 0.530. The summed E-state index contributed by atoms with van der Waals surface area (Å²) in [5.74, 6) is 0.670. The molecule has 1 heterocycles. The fraction of sp³-hybridized carbons (Fsp3) is 0.333. The second-order valence-corrected chi connectivity index (χ2v) is 6.03. The quantitative estimate of drug-likeness (QED) is 0.831. The molecule has 1 aromatic heterocycles. The van der Waals surface area contributed by atoms with Crippen molar-refractivity contribution in [2.75, 3.05) is 22.1 Å². The number of amides is 2. The predicted molar refractivity (Wildman–Crippen MR) is 97.1 cm³/mol. The Morgan fingerprint density at radius 2 is 2.00 bits per heavy atom. The third-order valence-electron chi connectivity index (χ3n) is 2.95. The molecule has 2 rings (SSSR count). The van der Waals surface area contributed by atoms with E-state index < -0.39 is 0 Å². The van der Waals surface area contributed by atoms with Gasteiger partial charge in [-0.2, -0.15) is 4.98 Å². The number of hydrogen-bond acceptors (Lipinski definition) is 5. The van der Waals surface area contributed by atoms with Crippen LogP contribution in [0, 0.1) is 0 Å². The van der Waals surface area contributed by atoms with Gasteiger partial charge in [-0.1, -0.05) is 23.2 Å². The molecule has 1 aromatic carbocycles. The molecular formula is C15H18Cl2N6O. The summed E-state index contributed by atoms with van der Waals surface area (Å²) >= 11 is 11.8. The van der Waals surface area contributed by atoms with Crippen LogP contribution in [0.1, 0.15) is 20.8 Å². The summed E-state index contributed by atoms with van der Waals surface area (Å²) in [4.78, 5) is 26.3. The molecule has 0 saturated carbocycles.